The van der Waals surface area contributed by atoms with Crippen LogP contribution in [0.25, 0.3) is 0 Å². The van der Waals surface area contributed by atoms with Gasteiger partial charge in [0.05, 0.1) is 5.69 Å². The van der Waals surface area contributed by atoms with Gasteiger partial charge < -0.3 is 0 Å². The number of aromatic nitrogens is 1. The molecular weight excluding hydrogens is 238 g/mol. The lowest BCUT2D eigenvalue weighted by Crippen LogP contribution is -2.21. The Balaban J connectivity index is 2.10. The Kier molecular flexibility index (Phi) is 3.91. The molecule has 90 valence electrons. The molecule has 3 heteroatoms. The third-order valence-corrected chi connectivity index (χ3v) is 4.87. The van der Waals surface area contributed by atoms with Crippen molar-refractivity contribution < 1.29 is 0 Å². The van der Waals surface area contributed by atoms with E-state index in [2.05, 4.69) is 18.8 Å². The van der Waals surface area contributed by atoms with Crippen molar-refractivity contribution in [1.29, 1.82) is 0 Å². The van der Waals surface area contributed by atoms with Crippen molar-refractivity contribution in [3.8, 4) is 0 Å². The van der Waals surface area contributed by atoms with Gasteiger partial charge in [-0.25, -0.2) is 4.98 Å². The van der Waals surface area contributed by atoms with Crippen LogP contribution in [0, 0.1) is 5.41 Å². The van der Waals surface area contributed by atoms with Gasteiger partial charge in [0, 0.05) is 4.88 Å². The maximum Gasteiger partial charge on any atom is 0.184 e. The molecule has 1 atom stereocenters. The van der Waals surface area contributed by atoms with E-state index in [1.165, 1.54) is 55.5 Å². The van der Waals surface area contributed by atoms with Gasteiger partial charge in [-0.05, 0) is 31.1 Å². The fourth-order valence-corrected chi connectivity index (χ4v) is 4.30. The first-order valence-electron chi connectivity index (χ1n) is 6.33. The van der Waals surface area contributed by atoms with Crippen molar-refractivity contribution in [3.63, 3.8) is 0 Å². The Labute approximate surface area is 107 Å². The minimum absolute atomic E-state index is 0.517. The van der Waals surface area contributed by atoms with Gasteiger partial charge in [-0.15, -0.1) is 11.3 Å². The summed E-state index contributed by atoms with van der Waals surface area (Å²) in [6.07, 6.45) is 9.02. The van der Waals surface area contributed by atoms with Crippen molar-refractivity contribution in [2.24, 2.45) is 5.41 Å². The van der Waals surface area contributed by atoms with Gasteiger partial charge in [0.15, 0.2) is 4.47 Å². The largest absolute Gasteiger partial charge is 0.230 e. The minimum atomic E-state index is 0.517. The molecule has 1 nitrogen and oxygen atoms in total. The third kappa shape index (κ3) is 2.43. The number of thiazole rings is 1. The van der Waals surface area contributed by atoms with Crippen LogP contribution < -0.4 is 0 Å². The molecule has 0 N–H and O–H groups in total. The average molecular weight is 258 g/mol. The highest BCUT2D eigenvalue weighted by Gasteiger charge is 2.38. The molecule has 1 aliphatic rings. The van der Waals surface area contributed by atoms with Crippen LogP contribution in [-0.2, 0) is 12.8 Å². The summed E-state index contributed by atoms with van der Waals surface area (Å²) in [7, 11) is 0. The Morgan fingerprint density at radius 3 is 2.69 bits per heavy atom. The lowest BCUT2D eigenvalue weighted by Gasteiger charge is -2.28. The van der Waals surface area contributed by atoms with Gasteiger partial charge in [0.1, 0.15) is 0 Å². The fourth-order valence-electron chi connectivity index (χ4n) is 2.95. The molecule has 0 amide bonds. The van der Waals surface area contributed by atoms with Gasteiger partial charge in [0.25, 0.3) is 0 Å². The summed E-state index contributed by atoms with van der Waals surface area (Å²) >= 11 is 7.65. The highest BCUT2D eigenvalue weighted by molar-refractivity contribution is 7.15. The van der Waals surface area contributed by atoms with E-state index in [1.807, 2.05) is 0 Å². The zero-order valence-corrected chi connectivity index (χ0v) is 11.8. The molecule has 1 aliphatic carbocycles. The van der Waals surface area contributed by atoms with E-state index in [0.29, 0.717) is 5.41 Å². The second-order valence-corrected chi connectivity index (χ2v) is 6.71. The molecule has 1 aromatic heterocycles. The molecule has 1 aromatic rings. The first kappa shape index (κ1) is 12.4. The fraction of sp³-hybridized carbons (Fsp3) is 0.769. The van der Waals surface area contributed by atoms with Crippen LogP contribution in [0.4, 0.5) is 0 Å². The zero-order chi connectivity index (χ0) is 11.6. The number of nitrogens with zero attached hydrogens (tertiary/aromatic N) is 1. The summed E-state index contributed by atoms with van der Waals surface area (Å²) in [6, 6.07) is 0. The summed E-state index contributed by atoms with van der Waals surface area (Å²) in [5, 5.41) is 0. The van der Waals surface area contributed by atoms with E-state index >= 15 is 0 Å². The number of halogens is 1. The Bertz CT molecular complexity index is 335. The maximum atomic E-state index is 5.96. The molecule has 0 aliphatic heterocycles. The molecule has 1 heterocycles. The highest BCUT2D eigenvalue weighted by Crippen LogP contribution is 2.46. The second kappa shape index (κ2) is 5.05. The zero-order valence-electron chi connectivity index (χ0n) is 10.2. The Morgan fingerprint density at radius 1 is 1.25 bits per heavy atom. The van der Waals surface area contributed by atoms with E-state index in [1.54, 1.807) is 11.3 Å². The quantitative estimate of drug-likeness (QED) is 0.733. The number of unbranched alkanes of at least 4 members (excludes halogenated alkanes) is 1. The highest BCUT2D eigenvalue weighted by atomic mass is 35.5. The van der Waals surface area contributed by atoms with Crippen LogP contribution in [-0.4, -0.2) is 4.98 Å². The summed E-state index contributed by atoms with van der Waals surface area (Å²) < 4.78 is 0.727. The molecule has 0 saturated heterocycles. The lowest BCUT2D eigenvalue weighted by atomic mass is 9.77. The van der Waals surface area contributed by atoms with Crippen LogP contribution in [0.2, 0.25) is 4.47 Å². The summed E-state index contributed by atoms with van der Waals surface area (Å²) in [5.41, 5.74) is 1.81. The van der Waals surface area contributed by atoms with Crippen molar-refractivity contribution in [1.82, 2.24) is 4.98 Å². The smallest absolute Gasteiger partial charge is 0.184 e. The third-order valence-electron chi connectivity index (χ3n) is 3.67. The molecule has 0 aromatic carbocycles. The first-order valence-corrected chi connectivity index (χ1v) is 7.52. The van der Waals surface area contributed by atoms with E-state index < -0.39 is 0 Å². The molecule has 1 unspecified atom stereocenters. The number of hydrogen-bond acceptors (Lipinski definition) is 2. The molecular formula is C13H20ClNS. The SMILES string of the molecule is CCCCC1(CCC)Cc2nc(Cl)sc2C1. The van der Waals surface area contributed by atoms with E-state index in [0.717, 1.165) is 4.47 Å². The second-order valence-electron chi connectivity index (χ2n) is 5.04. The minimum Gasteiger partial charge on any atom is -0.230 e. The van der Waals surface area contributed by atoms with Gasteiger partial charge in [0.2, 0.25) is 0 Å². The van der Waals surface area contributed by atoms with Gasteiger partial charge in [-0.3, -0.25) is 0 Å². The van der Waals surface area contributed by atoms with Crippen molar-refractivity contribution in [2.45, 2.75) is 58.8 Å². The molecule has 2 rings (SSSR count). The van der Waals surface area contributed by atoms with Crippen LogP contribution in [0.15, 0.2) is 0 Å². The van der Waals surface area contributed by atoms with Crippen LogP contribution in [0.3, 0.4) is 0 Å². The Morgan fingerprint density at radius 2 is 2.06 bits per heavy atom. The monoisotopic (exact) mass is 257 g/mol. The van der Waals surface area contributed by atoms with Crippen LogP contribution >= 0.6 is 22.9 Å². The molecule has 0 radical (unpaired) electrons. The van der Waals surface area contributed by atoms with Gasteiger partial charge in [-0.1, -0.05) is 44.7 Å². The number of hydrogen-bond donors (Lipinski definition) is 0. The van der Waals surface area contributed by atoms with Crippen molar-refractivity contribution in [3.05, 3.63) is 15.0 Å². The number of rotatable bonds is 5. The summed E-state index contributed by atoms with van der Waals surface area (Å²) in [4.78, 5) is 5.91. The topological polar surface area (TPSA) is 12.9 Å². The van der Waals surface area contributed by atoms with E-state index in [9.17, 15) is 0 Å². The lowest BCUT2D eigenvalue weighted by molar-refractivity contribution is 0.244. The molecule has 0 bridgehead atoms. The van der Waals surface area contributed by atoms with Crippen molar-refractivity contribution >= 4 is 22.9 Å². The molecule has 16 heavy (non-hydrogen) atoms. The standard InChI is InChI=1S/C13H20ClNS/c1-3-5-7-13(6-4-2)8-10-11(9-13)16-12(14)15-10/h3-9H2,1-2H3. The first-order chi connectivity index (χ1) is 7.69. The van der Waals surface area contributed by atoms with E-state index in [4.69, 9.17) is 11.6 Å². The summed E-state index contributed by atoms with van der Waals surface area (Å²) in [6.45, 7) is 4.57. The normalized spacial score (nSPS) is 23.7. The van der Waals surface area contributed by atoms with Crippen molar-refractivity contribution in [2.75, 3.05) is 0 Å². The average Bonchev–Trinajstić information content (AvgIpc) is 2.70. The van der Waals surface area contributed by atoms with Crippen LogP contribution in [0.1, 0.15) is 56.5 Å². The molecule has 0 saturated carbocycles. The maximum absolute atomic E-state index is 5.96. The molecule has 0 spiro atoms. The van der Waals surface area contributed by atoms with Crippen LogP contribution in [0.5, 0.6) is 0 Å². The number of fused-ring (bicyclic) bond motifs is 1. The predicted octanol–water partition coefficient (Wildman–Crippen LogP) is 4.87. The molecule has 0 fully saturated rings. The van der Waals surface area contributed by atoms with E-state index in [-0.39, 0.29) is 0 Å². The summed E-state index contributed by atoms with van der Waals surface area (Å²) in [5.74, 6) is 0. The van der Waals surface area contributed by atoms with Gasteiger partial charge >= 0.3 is 0 Å². The predicted molar refractivity (Wildman–Crippen MR) is 71.4 cm³/mol. The Hall–Kier alpha value is -0.0800. The van der Waals surface area contributed by atoms with Gasteiger partial charge in [-0.2, -0.15) is 0 Å².